The monoisotopic (exact) mass is 343 g/mol. The molecule has 0 aliphatic heterocycles. The Balaban J connectivity index is 1.76. The number of anilines is 1. The van der Waals surface area contributed by atoms with Crippen LogP contribution in [0.4, 0.5) is 5.82 Å². The van der Waals surface area contributed by atoms with Crippen molar-refractivity contribution in [1.82, 2.24) is 20.4 Å². The number of methoxy groups -OCH3 is 1. The van der Waals surface area contributed by atoms with Gasteiger partial charge in [-0.1, -0.05) is 12.1 Å². The summed E-state index contributed by atoms with van der Waals surface area (Å²) in [6.45, 7) is 2.09. The molecule has 0 aliphatic carbocycles. The number of carbonyl (C=O) groups excluding carboxylic acids is 1. The van der Waals surface area contributed by atoms with Gasteiger partial charge >= 0.3 is 0 Å². The van der Waals surface area contributed by atoms with Crippen LogP contribution < -0.4 is 15.4 Å². The lowest BCUT2D eigenvalue weighted by Gasteiger charge is -2.10. The molecule has 2 N–H and O–H groups in total. The van der Waals surface area contributed by atoms with Crippen molar-refractivity contribution in [3.63, 3.8) is 0 Å². The van der Waals surface area contributed by atoms with Gasteiger partial charge in [-0.05, 0) is 50.3 Å². The van der Waals surface area contributed by atoms with Gasteiger partial charge < -0.3 is 20.3 Å². The van der Waals surface area contributed by atoms with Crippen LogP contribution in [0, 0.1) is 0 Å². The molecule has 1 aromatic carbocycles. The maximum absolute atomic E-state index is 11.9. The first-order valence-corrected chi connectivity index (χ1v) is 8.22. The highest BCUT2D eigenvalue weighted by molar-refractivity contribution is 5.92. The maximum atomic E-state index is 11.9. The summed E-state index contributed by atoms with van der Waals surface area (Å²) in [7, 11) is 5.57. The Kier molecular flexibility index (Phi) is 7.16. The van der Waals surface area contributed by atoms with Crippen molar-refractivity contribution in [3.8, 4) is 5.75 Å². The van der Waals surface area contributed by atoms with Crippen molar-refractivity contribution in [2.24, 2.45) is 0 Å². The van der Waals surface area contributed by atoms with Gasteiger partial charge in [-0.25, -0.2) is 0 Å². The van der Waals surface area contributed by atoms with Crippen LogP contribution in [0.1, 0.15) is 16.1 Å². The summed E-state index contributed by atoms with van der Waals surface area (Å²) in [5.41, 5.74) is 1.53. The molecule has 0 atom stereocenters. The SMILES string of the molecule is COc1ccc(CCNc2ccc(C(=O)NCCN(C)C)nn2)cc1. The first-order chi connectivity index (χ1) is 12.1. The molecule has 0 spiro atoms. The largest absolute Gasteiger partial charge is 0.497 e. The Labute approximate surface area is 148 Å². The summed E-state index contributed by atoms with van der Waals surface area (Å²) in [4.78, 5) is 13.9. The lowest BCUT2D eigenvalue weighted by Crippen LogP contribution is -2.31. The quantitative estimate of drug-likeness (QED) is 0.717. The number of hydrogen-bond donors (Lipinski definition) is 2. The molecule has 25 heavy (non-hydrogen) atoms. The minimum Gasteiger partial charge on any atom is -0.497 e. The maximum Gasteiger partial charge on any atom is 0.271 e. The van der Waals surface area contributed by atoms with Gasteiger partial charge in [-0.3, -0.25) is 4.79 Å². The van der Waals surface area contributed by atoms with Gasteiger partial charge in [-0.2, -0.15) is 0 Å². The highest BCUT2D eigenvalue weighted by Gasteiger charge is 2.07. The average molecular weight is 343 g/mol. The molecule has 2 aromatic rings. The summed E-state index contributed by atoms with van der Waals surface area (Å²) in [5.74, 6) is 1.29. The van der Waals surface area contributed by atoms with E-state index in [1.807, 2.05) is 43.3 Å². The normalized spacial score (nSPS) is 10.6. The van der Waals surface area contributed by atoms with E-state index < -0.39 is 0 Å². The van der Waals surface area contributed by atoms with Crippen LogP contribution in [-0.4, -0.2) is 61.8 Å². The Morgan fingerprint density at radius 3 is 2.44 bits per heavy atom. The van der Waals surface area contributed by atoms with Crippen LogP contribution in [0.25, 0.3) is 0 Å². The molecular formula is C18H25N5O2. The number of rotatable bonds is 9. The highest BCUT2D eigenvalue weighted by Crippen LogP contribution is 2.12. The molecule has 1 amide bonds. The number of nitrogens with zero attached hydrogens (tertiary/aromatic N) is 3. The number of amides is 1. The summed E-state index contributed by atoms with van der Waals surface area (Å²) in [5, 5.41) is 14.0. The van der Waals surface area contributed by atoms with Crippen LogP contribution >= 0.6 is 0 Å². The number of benzene rings is 1. The van der Waals surface area contributed by atoms with Crippen LogP contribution in [0.2, 0.25) is 0 Å². The van der Waals surface area contributed by atoms with Gasteiger partial charge in [0.05, 0.1) is 7.11 Å². The number of ether oxygens (including phenoxy) is 1. The predicted molar refractivity (Wildman–Crippen MR) is 98.1 cm³/mol. The third-order valence-corrected chi connectivity index (χ3v) is 3.62. The molecule has 7 heteroatoms. The third-order valence-electron chi connectivity index (χ3n) is 3.62. The fraction of sp³-hybridized carbons (Fsp3) is 0.389. The molecular weight excluding hydrogens is 318 g/mol. The number of aromatic nitrogens is 2. The summed E-state index contributed by atoms with van der Waals surface area (Å²) in [6.07, 6.45) is 0.860. The van der Waals surface area contributed by atoms with Crippen LogP contribution in [-0.2, 0) is 6.42 Å². The Hall–Kier alpha value is -2.67. The van der Waals surface area contributed by atoms with Gasteiger partial charge in [0.25, 0.3) is 5.91 Å². The lowest BCUT2D eigenvalue weighted by molar-refractivity contribution is 0.0945. The zero-order chi connectivity index (χ0) is 18.1. The fourth-order valence-corrected chi connectivity index (χ4v) is 2.16. The van der Waals surface area contributed by atoms with Crippen LogP contribution in [0.15, 0.2) is 36.4 Å². The highest BCUT2D eigenvalue weighted by atomic mass is 16.5. The molecule has 2 rings (SSSR count). The van der Waals surface area contributed by atoms with Crippen molar-refractivity contribution in [1.29, 1.82) is 0 Å². The van der Waals surface area contributed by atoms with E-state index >= 15 is 0 Å². The molecule has 0 aliphatic rings. The molecule has 0 fully saturated rings. The smallest absolute Gasteiger partial charge is 0.271 e. The average Bonchev–Trinajstić information content (AvgIpc) is 2.62. The molecule has 0 saturated heterocycles. The first kappa shape index (κ1) is 18.7. The second kappa shape index (κ2) is 9.58. The van der Waals surface area contributed by atoms with E-state index in [1.165, 1.54) is 5.56 Å². The predicted octanol–water partition coefficient (Wildman–Crippen LogP) is 1.43. The molecule has 1 aromatic heterocycles. The second-order valence-electron chi connectivity index (χ2n) is 5.89. The van der Waals surface area contributed by atoms with Crippen molar-refractivity contribution in [3.05, 3.63) is 47.7 Å². The molecule has 0 bridgehead atoms. The molecule has 0 radical (unpaired) electrons. The number of likely N-dealkylation sites (N-methyl/N-ethyl adjacent to an activating group) is 1. The second-order valence-corrected chi connectivity index (χ2v) is 5.89. The van der Waals surface area contributed by atoms with E-state index in [-0.39, 0.29) is 5.91 Å². The topological polar surface area (TPSA) is 79.4 Å². The lowest BCUT2D eigenvalue weighted by atomic mass is 10.1. The van der Waals surface area contributed by atoms with Crippen molar-refractivity contribution in [2.45, 2.75) is 6.42 Å². The van der Waals surface area contributed by atoms with Crippen molar-refractivity contribution < 1.29 is 9.53 Å². The van der Waals surface area contributed by atoms with Gasteiger partial charge in [-0.15, -0.1) is 10.2 Å². The standard InChI is InChI=1S/C18H25N5O2/c1-23(2)13-12-20-18(24)16-8-9-17(22-21-16)19-11-10-14-4-6-15(25-3)7-5-14/h4-9H,10-13H2,1-3H3,(H,19,22)(H,20,24). The zero-order valence-corrected chi connectivity index (χ0v) is 15.0. The molecule has 0 saturated carbocycles. The summed E-state index contributed by atoms with van der Waals surface area (Å²) in [6, 6.07) is 11.4. The van der Waals surface area contributed by atoms with Crippen LogP contribution in [0.3, 0.4) is 0 Å². The Morgan fingerprint density at radius 2 is 1.84 bits per heavy atom. The molecule has 134 valence electrons. The van der Waals surface area contributed by atoms with Gasteiger partial charge in [0, 0.05) is 19.6 Å². The van der Waals surface area contributed by atoms with E-state index in [9.17, 15) is 4.79 Å². The number of hydrogen-bond acceptors (Lipinski definition) is 6. The first-order valence-electron chi connectivity index (χ1n) is 8.22. The van der Waals surface area contributed by atoms with E-state index in [0.717, 1.165) is 25.3 Å². The molecule has 7 nitrogen and oxygen atoms in total. The van der Waals surface area contributed by atoms with Gasteiger partial charge in [0.2, 0.25) is 0 Å². The van der Waals surface area contributed by atoms with E-state index in [2.05, 4.69) is 20.8 Å². The Morgan fingerprint density at radius 1 is 1.08 bits per heavy atom. The van der Waals surface area contributed by atoms with E-state index in [1.54, 1.807) is 19.2 Å². The fourth-order valence-electron chi connectivity index (χ4n) is 2.16. The van der Waals surface area contributed by atoms with Crippen molar-refractivity contribution >= 4 is 11.7 Å². The Bertz CT molecular complexity index is 656. The third kappa shape index (κ3) is 6.39. The number of nitrogens with one attached hydrogen (secondary N) is 2. The number of carbonyl (C=O) groups is 1. The summed E-state index contributed by atoms with van der Waals surface area (Å²) >= 11 is 0. The summed E-state index contributed by atoms with van der Waals surface area (Å²) < 4.78 is 5.14. The zero-order valence-electron chi connectivity index (χ0n) is 15.0. The van der Waals surface area contributed by atoms with Gasteiger partial charge in [0.15, 0.2) is 5.69 Å². The van der Waals surface area contributed by atoms with Gasteiger partial charge in [0.1, 0.15) is 11.6 Å². The van der Waals surface area contributed by atoms with E-state index in [0.29, 0.717) is 18.1 Å². The minimum absolute atomic E-state index is 0.209. The van der Waals surface area contributed by atoms with Crippen molar-refractivity contribution in [2.75, 3.05) is 46.2 Å². The minimum atomic E-state index is -0.209. The molecule has 1 heterocycles. The van der Waals surface area contributed by atoms with E-state index in [4.69, 9.17) is 4.74 Å². The molecule has 0 unspecified atom stereocenters. The van der Waals surface area contributed by atoms with Crippen LogP contribution in [0.5, 0.6) is 5.75 Å².